The number of Topliss-reactive ketones (excluding diaryl/α,β-unsaturated/α-hetero) is 1. The SMILES string of the molecule is CC(Sc1ncns1)C(=O)c1ccc(Br)cc1. The van der Waals surface area contributed by atoms with Crippen molar-refractivity contribution in [2.75, 3.05) is 0 Å². The smallest absolute Gasteiger partial charge is 0.175 e. The van der Waals surface area contributed by atoms with Gasteiger partial charge in [0, 0.05) is 10.0 Å². The van der Waals surface area contributed by atoms with Crippen LogP contribution >= 0.6 is 39.2 Å². The van der Waals surface area contributed by atoms with Crippen LogP contribution in [0.25, 0.3) is 0 Å². The van der Waals surface area contributed by atoms with Crippen molar-refractivity contribution in [3.8, 4) is 0 Å². The molecule has 1 atom stereocenters. The normalized spacial score (nSPS) is 12.4. The van der Waals surface area contributed by atoms with E-state index in [-0.39, 0.29) is 11.0 Å². The number of ketones is 1. The zero-order valence-electron chi connectivity index (χ0n) is 8.96. The van der Waals surface area contributed by atoms with Crippen molar-refractivity contribution >= 4 is 45.0 Å². The summed E-state index contributed by atoms with van der Waals surface area (Å²) in [4.78, 5) is 16.2. The van der Waals surface area contributed by atoms with E-state index in [9.17, 15) is 4.79 Å². The first-order valence-electron chi connectivity index (χ1n) is 4.90. The first kappa shape index (κ1) is 12.7. The summed E-state index contributed by atoms with van der Waals surface area (Å²) in [5.41, 5.74) is 0.720. The number of benzene rings is 1. The summed E-state index contributed by atoms with van der Waals surface area (Å²) in [7, 11) is 0. The molecule has 88 valence electrons. The predicted octanol–water partition coefficient (Wildman–Crippen LogP) is 3.66. The molecule has 0 radical (unpaired) electrons. The van der Waals surface area contributed by atoms with Crippen molar-refractivity contribution in [3.05, 3.63) is 40.6 Å². The molecule has 0 aliphatic rings. The molecule has 2 aromatic rings. The second-order valence-electron chi connectivity index (χ2n) is 3.34. The first-order valence-corrected chi connectivity index (χ1v) is 7.34. The van der Waals surface area contributed by atoms with Gasteiger partial charge in [0.2, 0.25) is 0 Å². The molecule has 0 amide bonds. The van der Waals surface area contributed by atoms with Crippen LogP contribution in [0.2, 0.25) is 0 Å². The minimum atomic E-state index is -0.149. The van der Waals surface area contributed by atoms with Crippen LogP contribution < -0.4 is 0 Å². The second-order valence-corrected chi connectivity index (χ2v) is 6.62. The Hall–Kier alpha value is -0.720. The summed E-state index contributed by atoms with van der Waals surface area (Å²) in [5, 5.41) is -0.149. The summed E-state index contributed by atoms with van der Waals surface area (Å²) in [6.07, 6.45) is 1.50. The van der Waals surface area contributed by atoms with Crippen molar-refractivity contribution in [3.63, 3.8) is 0 Å². The largest absolute Gasteiger partial charge is 0.293 e. The lowest BCUT2D eigenvalue weighted by atomic mass is 10.1. The fourth-order valence-corrected chi connectivity index (χ4v) is 3.20. The number of carbonyl (C=O) groups excluding carboxylic acids is 1. The van der Waals surface area contributed by atoms with Gasteiger partial charge >= 0.3 is 0 Å². The van der Waals surface area contributed by atoms with Crippen LogP contribution in [0.5, 0.6) is 0 Å². The Balaban J connectivity index is 2.07. The van der Waals surface area contributed by atoms with Gasteiger partial charge in [-0.15, -0.1) is 0 Å². The Kier molecular flexibility index (Phi) is 4.31. The molecule has 6 heteroatoms. The van der Waals surface area contributed by atoms with Gasteiger partial charge in [0.15, 0.2) is 10.1 Å². The first-order chi connectivity index (χ1) is 8.16. The Bertz CT molecular complexity index is 499. The van der Waals surface area contributed by atoms with E-state index in [0.29, 0.717) is 0 Å². The molecule has 1 aromatic carbocycles. The molecular weight excluding hydrogens is 320 g/mol. The molecular formula is C11H9BrN2OS2. The number of aromatic nitrogens is 2. The summed E-state index contributed by atoms with van der Waals surface area (Å²) in [5.74, 6) is 0.109. The van der Waals surface area contributed by atoms with Gasteiger partial charge in [0.25, 0.3) is 0 Å². The Morgan fingerprint density at radius 3 is 2.71 bits per heavy atom. The maximum atomic E-state index is 12.1. The Labute approximate surface area is 116 Å². The minimum absolute atomic E-state index is 0.109. The zero-order valence-corrected chi connectivity index (χ0v) is 12.2. The molecule has 17 heavy (non-hydrogen) atoms. The van der Waals surface area contributed by atoms with Gasteiger partial charge in [0.05, 0.1) is 5.25 Å². The van der Waals surface area contributed by atoms with Crippen LogP contribution in [0.1, 0.15) is 17.3 Å². The summed E-state index contributed by atoms with van der Waals surface area (Å²) in [6.45, 7) is 1.89. The highest BCUT2D eigenvalue weighted by Gasteiger charge is 2.17. The highest BCUT2D eigenvalue weighted by molar-refractivity contribution is 9.10. The van der Waals surface area contributed by atoms with Gasteiger partial charge in [-0.25, -0.2) is 4.98 Å². The van der Waals surface area contributed by atoms with E-state index in [1.165, 1.54) is 29.6 Å². The lowest BCUT2D eigenvalue weighted by Gasteiger charge is -2.07. The van der Waals surface area contributed by atoms with E-state index in [4.69, 9.17) is 0 Å². The zero-order chi connectivity index (χ0) is 12.3. The monoisotopic (exact) mass is 328 g/mol. The second kappa shape index (κ2) is 5.75. The molecule has 0 N–H and O–H groups in total. The lowest BCUT2D eigenvalue weighted by molar-refractivity contribution is 0.0994. The van der Waals surface area contributed by atoms with Crippen molar-refractivity contribution in [2.45, 2.75) is 16.5 Å². The molecule has 0 spiro atoms. The van der Waals surface area contributed by atoms with Gasteiger partial charge in [-0.1, -0.05) is 39.8 Å². The third-order valence-electron chi connectivity index (χ3n) is 2.12. The highest BCUT2D eigenvalue weighted by atomic mass is 79.9. The van der Waals surface area contributed by atoms with Crippen LogP contribution in [0.3, 0.4) is 0 Å². The van der Waals surface area contributed by atoms with Crippen molar-refractivity contribution in [1.29, 1.82) is 0 Å². The molecule has 0 saturated heterocycles. The van der Waals surface area contributed by atoms with Crippen LogP contribution in [-0.4, -0.2) is 20.4 Å². The minimum Gasteiger partial charge on any atom is -0.293 e. The lowest BCUT2D eigenvalue weighted by Crippen LogP contribution is -2.13. The summed E-state index contributed by atoms with van der Waals surface area (Å²) in [6, 6.07) is 7.39. The number of thioether (sulfide) groups is 1. The molecule has 0 saturated carbocycles. The number of rotatable bonds is 4. The molecule has 0 bridgehead atoms. The van der Waals surface area contributed by atoms with E-state index in [0.717, 1.165) is 14.4 Å². The summed E-state index contributed by atoms with van der Waals surface area (Å²) < 4.78 is 5.70. The number of halogens is 1. The fraction of sp³-hybridized carbons (Fsp3) is 0.182. The van der Waals surface area contributed by atoms with Crippen molar-refractivity contribution in [2.24, 2.45) is 0 Å². The van der Waals surface area contributed by atoms with Gasteiger partial charge in [0.1, 0.15) is 6.33 Å². The number of hydrogen-bond acceptors (Lipinski definition) is 5. The average molecular weight is 329 g/mol. The third kappa shape index (κ3) is 3.37. The Morgan fingerprint density at radius 2 is 2.12 bits per heavy atom. The molecule has 0 aliphatic carbocycles. The molecule has 1 heterocycles. The topological polar surface area (TPSA) is 42.9 Å². The number of nitrogens with zero attached hydrogens (tertiary/aromatic N) is 2. The number of hydrogen-bond donors (Lipinski definition) is 0. The predicted molar refractivity (Wildman–Crippen MR) is 73.7 cm³/mol. The molecule has 2 rings (SSSR count). The van der Waals surface area contributed by atoms with Gasteiger partial charge in [-0.2, -0.15) is 4.37 Å². The average Bonchev–Trinajstić information content (AvgIpc) is 2.82. The van der Waals surface area contributed by atoms with Gasteiger partial charge in [-0.3, -0.25) is 4.79 Å². The maximum Gasteiger partial charge on any atom is 0.175 e. The van der Waals surface area contributed by atoms with Crippen LogP contribution in [0.15, 0.2) is 39.4 Å². The maximum absolute atomic E-state index is 12.1. The van der Waals surface area contributed by atoms with Crippen LogP contribution in [-0.2, 0) is 0 Å². The molecule has 1 aromatic heterocycles. The van der Waals surface area contributed by atoms with E-state index in [1.807, 2.05) is 31.2 Å². The highest BCUT2D eigenvalue weighted by Crippen LogP contribution is 2.26. The van der Waals surface area contributed by atoms with Gasteiger partial charge in [-0.05, 0) is 30.6 Å². The van der Waals surface area contributed by atoms with E-state index in [1.54, 1.807) is 0 Å². The third-order valence-corrected chi connectivity index (χ3v) is 4.49. The quantitative estimate of drug-likeness (QED) is 0.634. The Morgan fingerprint density at radius 1 is 1.41 bits per heavy atom. The van der Waals surface area contributed by atoms with E-state index in [2.05, 4.69) is 25.3 Å². The fourth-order valence-electron chi connectivity index (χ4n) is 1.27. The van der Waals surface area contributed by atoms with E-state index >= 15 is 0 Å². The summed E-state index contributed by atoms with van der Waals surface area (Å²) >= 11 is 6.10. The van der Waals surface area contributed by atoms with Gasteiger partial charge < -0.3 is 0 Å². The van der Waals surface area contributed by atoms with E-state index < -0.39 is 0 Å². The standard InChI is InChI=1S/C11H9BrN2OS2/c1-7(16-11-13-6-14-17-11)10(15)8-2-4-9(12)5-3-8/h2-7H,1H3. The molecule has 3 nitrogen and oxygen atoms in total. The molecule has 0 fully saturated rings. The van der Waals surface area contributed by atoms with Crippen LogP contribution in [0.4, 0.5) is 0 Å². The number of carbonyl (C=O) groups is 1. The molecule has 0 aliphatic heterocycles. The molecule has 1 unspecified atom stereocenters. The van der Waals surface area contributed by atoms with Crippen molar-refractivity contribution in [1.82, 2.24) is 9.36 Å². The van der Waals surface area contributed by atoms with Crippen molar-refractivity contribution < 1.29 is 4.79 Å². The van der Waals surface area contributed by atoms with Crippen LogP contribution in [0, 0.1) is 0 Å².